The number of para-hydroxylation sites is 2. The maximum atomic E-state index is 12.9. The molecule has 4 aromatic rings. The van der Waals surface area contributed by atoms with Crippen LogP contribution in [0.15, 0.2) is 72.8 Å². The minimum absolute atomic E-state index is 0.00839. The lowest BCUT2D eigenvalue weighted by Crippen LogP contribution is -2.47. The number of likely N-dealkylation sites (N-methyl/N-ethyl adjacent to an activating group) is 1. The van der Waals surface area contributed by atoms with Crippen LogP contribution >= 0.6 is 0 Å². The minimum Gasteiger partial charge on any atom is -0.507 e. The molecule has 2 heterocycles. The molecule has 2 N–H and O–H groups in total. The van der Waals surface area contributed by atoms with Crippen molar-refractivity contribution >= 4 is 5.91 Å². The van der Waals surface area contributed by atoms with Crippen molar-refractivity contribution in [1.82, 2.24) is 24.8 Å². The molecule has 0 saturated carbocycles. The normalized spacial score (nSPS) is 14.3. The molecule has 5 rings (SSSR count). The van der Waals surface area contributed by atoms with Crippen LogP contribution in [0.25, 0.3) is 28.2 Å². The molecular weight excluding hydrogens is 430 g/mol. The second kappa shape index (κ2) is 8.99. The van der Waals surface area contributed by atoms with Gasteiger partial charge in [-0.3, -0.25) is 4.79 Å². The van der Waals surface area contributed by atoms with Gasteiger partial charge in [0.2, 0.25) is 0 Å². The summed E-state index contributed by atoms with van der Waals surface area (Å²) in [6.45, 7) is 3.15. The van der Waals surface area contributed by atoms with Gasteiger partial charge in [-0.15, -0.1) is 5.10 Å². The van der Waals surface area contributed by atoms with Crippen LogP contribution in [0.4, 0.5) is 0 Å². The third-order valence-electron chi connectivity index (χ3n) is 6.14. The molecule has 1 fully saturated rings. The Morgan fingerprint density at radius 3 is 2.00 bits per heavy atom. The van der Waals surface area contributed by atoms with Gasteiger partial charge in [0.15, 0.2) is 0 Å². The maximum absolute atomic E-state index is 12.9. The zero-order valence-electron chi connectivity index (χ0n) is 18.8. The number of aromatic hydroxyl groups is 2. The Labute approximate surface area is 197 Å². The number of phenolic OH excluding ortho intramolecular Hbond substituents is 2. The number of carbonyl (C=O) groups is 1. The first-order valence-corrected chi connectivity index (χ1v) is 11.1. The average Bonchev–Trinajstić information content (AvgIpc) is 3.29. The smallest absolute Gasteiger partial charge is 0.253 e. The highest BCUT2D eigenvalue weighted by Gasteiger charge is 2.23. The van der Waals surface area contributed by atoms with Crippen LogP contribution in [-0.2, 0) is 0 Å². The summed E-state index contributed by atoms with van der Waals surface area (Å²) in [4.78, 5) is 17.0. The number of amides is 1. The van der Waals surface area contributed by atoms with Crippen molar-refractivity contribution in [3.05, 3.63) is 78.4 Å². The lowest BCUT2D eigenvalue weighted by molar-refractivity contribution is 0.0664. The molecule has 34 heavy (non-hydrogen) atoms. The van der Waals surface area contributed by atoms with Gasteiger partial charge in [-0.2, -0.15) is 0 Å². The number of aromatic nitrogens is 3. The van der Waals surface area contributed by atoms with Gasteiger partial charge >= 0.3 is 0 Å². The van der Waals surface area contributed by atoms with E-state index in [0.29, 0.717) is 46.9 Å². The average molecular weight is 456 g/mol. The SMILES string of the molecule is CN1CCN(C(=O)c2ccc(-n3nnc(-c4ccccc4O)c3-c3ccccc3O)cc2)CC1. The van der Waals surface area contributed by atoms with E-state index in [0.717, 1.165) is 13.1 Å². The molecule has 1 aromatic heterocycles. The number of nitrogens with zero attached hydrogens (tertiary/aromatic N) is 5. The van der Waals surface area contributed by atoms with Gasteiger partial charge in [0.1, 0.15) is 22.9 Å². The van der Waals surface area contributed by atoms with E-state index in [1.807, 2.05) is 29.2 Å². The number of hydrogen-bond donors (Lipinski definition) is 2. The van der Waals surface area contributed by atoms with Gasteiger partial charge in [-0.25, -0.2) is 4.68 Å². The van der Waals surface area contributed by atoms with E-state index in [2.05, 4.69) is 22.3 Å². The molecule has 3 aromatic carbocycles. The second-order valence-electron chi connectivity index (χ2n) is 8.38. The van der Waals surface area contributed by atoms with Crippen molar-refractivity contribution in [1.29, 1.82) is 0 Å². The van der Waals surface area contributed by atoms with Gasteiger partial charge < -0.3 is 20.0 Å². The topological polar surface area (TPSA) is 94.7 Å². The van der Waals surface area contributed by atoms with Crippen LogP contribution in [0.2, 0.25) is 0 Å². The minimum atomic E-state index is 0.00839. The van der Waals surface area contributed by atoms with Crippen molar-refractivity contribution in [2.24, 2.45) is 0 Å². The van der Waals surface area contributed by atoms with E-state index in [9.17, 15) is 15.0 Å². The molecule has 1 aliphatic rings. The van der Waals surface area contributed by atoms with E-state index in [1.54, 1.807) is 53.2 Å². The van der Waals surface area contributed by atoms with Crippen LogP contribution < -0.4 is 0 Å². The standard InChI is InChI=1S/C26H25N5O3/c1-29-14-16-30(17-15-29)26(34)18-10-12-19(13-11-18)31-25(21-7-3-5-9-23(21)33)24(27-28-31)20-6-2-4-8-22(20)32/h2-13,32-33H,14-17H2,1H3. The number of hydrogen-bond acceptors (Lipinski definition) is 6. The summed E-state index contributed by atoms with van der Waals surface area (Å²) in [5, 5.41) is 29.7. The number of rotatable bonds is 4. The molecule has 0 atom stereocenters. The van der Waals surface area contributed by atoms with Crippen molar-refractivity contribution in [2.75, 3.05) is 33.2 Å². The number of piperazine rings is 1. The molecule has 8 heteroatoms. The Kier molecular flexibility index (Phi) is 5.73. The zero-order valence-corrected chi connectivity index (χ0v) is 18.8. The lowest BCUT2D eigenvalue weighted by Gasteiger charge is -2.32. The molecule has 1 saturated heterocycles. The van der Waals surface area contributed by atoms with Crippen LogP contribution in [0, 0.1) is 0 Å². The van der Waals surface area contributed by atoms with Gasteiger partial charge in [0, 0.05) is 42.9 Å². The Bertz CT molecular complexity index is 1320. The van der Waals surface area contributed by atoms with Crippen molar-refractivity contribution in [3.63, 3.8) is 0 Å². The second-order valence-corrected chi connectivity index (χ2v) is 8.38. The molecule has 8 nitrogen and oxygen atoms in total. The summed E-state index contributed by atoms with van der Waals surface area (Å²) in [7, 11) is 2.06. The molecule has 0 radical (unpaired) electrons. The van der Waals surface area contributed by atoms with Crippen molar-refractivity contribution < 1.29 is 15.0 Å². The number of phenols is 2. The summed E-state index contributed by atoms with van der Waals surface area (Å²) in [5.74, 6) is 0.151. The number of carbonyl (C=O) groups excluding carboxylic acids is 1. The van der Waals surface area contributed by atoms with Crippen LogP contribution in [0.1, 0.15) is 10.4 Å². The summed E-state index contributed by atoms with van der Waals surface area (Å²) < 4.78 is 1.61. The first-order valence-electron chi connectivity index (χ1n) is 11.1. The predicted molar refractivity (Wildman–Crippen MR) is 129 cm³/mol. The summed E-state index contributed by atoms with van der Waals surface area (Å²) in [6.07, 6.45) is 0. The highest BCUT2D eigenvalue weighted by Crippen LogP contribution is 2.39. The summed E-state index contributed by atoms with van der Waals surface area (Å²) in [6, 6.07) is 21.0. The van der Waals surface area contributed by atoms with E-state index in [1.165, 1.54) is 0 Å². The quantitative estimate of drug-likeness (QED) is 0.490. The molecule has 0 aliphatic carbocycles. The van der Waals surface area contributed by atoms with Gasteiger partial charge in [0.05, 0.1) is 5.69 Å². The first kappa shape index (κ1) is 21.7. The number of benzene rings is 3. The zero-order chi connectivity index (χ0) is 23.7. The molecule has 0 bridgehead atoms. The highest BCUT2D eigenvalue weighted by molar-refractivity contribution is 5.94. The molecular formula is C26H25N5O3. The van der Waals surface area contributed by atoms with Crippen molar-refractivity contribution in [3.8, 4) is 39.7 Å². The maximum Gasteiger partial charge on any atom is 0.253 e. The fourth-order valence-electron chi connectivity index (χ4n) is 4.17. The van der Waals surface area contributed by atoms with Crippen molar-refractivity contribution in [2.45, 2.75) is 0 Å². The fourth-order valence-corrected chi connectivity index (χ4v) is 4.17. The summed E-state index contributed by atoms with van der Waals surface area (Å²) in [5.41, 5.74) is 3.31. The summed E-state index contributed by atoms with van der Waals surface area (Å²) >= 11 is 0. The van der Waals surface area contributed by atoms with Gasteiger partial charge in [-0.1, -0.05) is 29.5 Å². The van der Waals surface area contributed by atoms with Crippen LogP contribution in [-0.4, -0.2) is 74.1 Å². The Balaban J connectivity index is 1.55. The molecule has 1 amide bonds. The lowest BCUT2D eigenvalue weighted by atomic mass is 10.0. The van der Waals surface area contributed by atoms with E-state index in [4.69, 9.17) is 0 Å². The van der Waals surface area contributed by atoms with Gasteiger partial charge in [0.25, 0.3) is 5.91 Å². The monoisotopic (exact) mass is 455 g/mol. The Hall–Kier alpha value is -4.17. The molecule has 172 valence electrons. The predicted octanol–water partition coefficient (Wildman–Crippen LogP) is 3.40. The molecule has 1 aliphatic heterocycles. The van der Waals surface area contributed by atoms with E-state index in [-0.39, 0.29) is 17.4 Å². The van der Waals surface area contributed by atoms with Crippen LogP contribution in [0.5, 0.6) is 11.5 Å². The first-order chi connectivity index (χ1) is 16.5. The Morgan fingerprint density at radius 1 is 0.794 bits per heavy atom. The molecule has 0 spiro atoms. The molecule has 0 unspecified atom stereocenters. The third-order valence-corrected chi connectivity index (χ3v) is 6.14. The van der Waals surface area contributed by atoms with E-state index < -0.39 is 0 Å². The third kappa shape index (κ3) is 3.99. The highest BCUT2D eigenvalue weighted by atomic mass is 16.3. The Morgan fingerprint density at radius 2 is 1.38 bits per heavy atom. The van der Waals surface area contributed by atoms with E-state index >= 15 is 0 Å². The largest absolute Gasteiger partial charge is 0.507 e. The van der Waals surface area contributed by atoms with Crippen LogP contribution in [0.3, 0.4) is 0 Å². The van der Waals surface area contributed by atoms with Gasteiger partial charge in [-0.05, 0) is 55.6 Å². The fraction of sp³-hybridized carbons (Fsp3) is 0.192.